The number of carbonyl (C=O) groups excluding carboxylic acids is 1. The number of carboxylic acids is 1. The molecule has 23 heavy (non-hydrogen) atoms. The molecule has 0 spiro atoms. The number of carbonyl (C=O) groups is 2. The molecule has 2 aromatic rings. The van der Waals surface area contributed by atoms with Gasteiger partial charge in [-0.15, -0.1) is 0 Å². The first kappa shape index (κ1) is 15.3. The maximum absolute atomic E-state index is 12.5. The van der Waals surface area contributed by atoms with E-state index in [1.807, 2.05) is 18.2 Å². The van der Waals surface area contributed by atoms with Gasteiger partial charge in [0.2, 0.25) is 5.91 Å². The van der Waals surface area contributed by atoms with Gasteiger partial charge in [-0.05, 0) is 42.5 Å². The van der Waals surface area contributed by atoms with Gasteiger partial charge in [0.05, 0.1) is 11.0 Å². The Morgan fingerprint density at radius 1 is 0.957 bits per heavy atom. The summed E-state index contributed by atoms with van der Waals surface area (Å²) >= 11 is 0. The van der Waals surface area contributed by atoms with Crippen LogP contribution in [0.15, 0.2) is 54.6 Å². The van der Waals surface area contributed by atoms with Crippen LogP contribution in [0.1, 0.15) is 34.3 Å². The van der Waals surface area contributed by atoms with Gasteiger partial charge in [-0.2, -0.15) is 0 Å². The quantitative estimate of drug-likeness (QED) is 0.862. The largest absolute Gasteiger partial charge is 0.478 e. The van der Waals surface area contributed by atoms with Gasteiger partial charge >= 0.3 is 5.97 Å². The van der Waals surface area contributed by atoms with E-state index in [0.717, 1.165) is 24.8 Å². The molecule has 2 N–H and O–H groups in total. The minimum absolute atomic E-state index is 0.0867. The average molecular weight is 309 g/mol. The molecule has 1 aliphatic carbocycles. The summed E-state index contributed by atoms with van der Waals surface area (Å²) < 4.78 is 0. The number of nitrogens with one attached hydrogen (secondary N) is 1. The second-order valence-electron chi connectivity index (χ2n) is 6.13. The molecule has 2 aromatic carbocycles. The van der Waals surface area contributed by atoms with Crippen molar-refractivity contribution in [3.63, 3.8) is 0 Å². The lowest BCUT2D eigenvalue weighted by Crippen LogP contribution is -2.32. The molecule has 1 amide bonds. The van der Waals surface area contributed by atoms with Gasteiger partial charge in [-0.25, -0.2) is 4.79 Å². The van der Waals surface area contributed by atoms with Crippen molar-refractivity contribution < 1.29 is 14.7 Å². The Labute approximate surface area is 135 Å². The van der Waals surface area contributed by atoms with Crippen LogP contribution in [0, 0.1) is 5.41 Å². The summed E-state index contributed by atoms with van der Waals surface area (Å²) in [5.74, 6) is -0.857. The molecule has 0 unspecified atom stereocenters. The Hall–Kier alpha value is -2.62. The van der Waals surface area contributed by atoms with Crippen molar-refractivity contribution in [1.29, 1.82) is 0 Å². The van der Waals surface area contributed by atoms with Crippen LogP contribution in [0.5, 0.6) is 0 Å². The van der Waals surface area contributed by atoms with Crippen LogP contribution in [0.25, 0.3) is 0 Å². The third-order valence-electron chi connectivity index (χ3n) is 4.37. The van der Waals surface area contributed by atoms with Gasteiger partial charge in [-0.3, -0.25) is 4.79 Å². The highest BCUT2D eigenvalue weighted by Gasteiger charge is 2.49. The number of hydrogen-bond acceptors (Lipinski definition) is 2. The summed E-state index contributed by atoms with van der Waals surface area (Å²) in [6.07, 6.45) is 2.62. The van der Waals surface area contributed by atoms with Crippen molar-refractivity contribution in [3.8, 4) is 0 Å². The molecular weight excluding hydrogens is 290 g/mol. The lowest BCUT2D eigenvalue weighted by molar-refractivity contribution is -0.126. The van der Waals surface area contributed by atoms with Gasteiger partial charge in [0.1, 0.15) is 0 Å². The van der Waals surface area contributed by atoms with Crippen LogP contribution in [-0.4, -0.2) is 17.0 Å². The lowest BCUT2D eigenvalue weighted by Gasteiger charge is -2.15. The maximum atomic E-state index is 12.5. The molecule has 0 radical (unpaired) electrons. The predicted molar refractivity (Wildman–Crippen MR) is 87.1 cm³/mol. The van der Waals surface area contributed by atoms with Crippen LogP contribution in [0.2, 0.25) is 0 Å². The molecule has 0 heterocycles. The zero-order valence-electron chi connectivity index (χ0n) is 12.8. The predicted octanol–water partition coefficient (Wildman–Crippen LogP) is 3.02. The fraction of sp³-hybridized carbons (Fsp3) is 0.263. The molecule has 4 heteroatoms. The normalized spacial score (nSPS) is 15.0. The van der Waals surface area contributed by atoms with Crippen molar-refractivity contribution >= 4 is 11.9 Å². The van der Waals surface area contributed by atoms with E-state index >= 15 is 0 Å². The summed E-state index contributed by atoms with van der Waals surface area (Å²) in [5, 5.41) is 11.9. The van der Waals surface area contributed by atoms with Gasteiger partial charge in [0.25, 0.3) is 0 Å². The van der Waals surface area contributed by atoms with E-state index in [0.29, 0.717) is 6.54 Å². The summed E-state index contributed by atoms with van der Waals surface area (Å²) in [6.45, 7) is 0.426. The molecule has 4 nitrogen and oxygen atoms in total. The molecule has 0 aliphatic heterocycles. The van der Waals surface area contributed by atoms with E-state index in [9.17, 15) is 9.59 Å². The molecule has 118 valence electrons. The topological polar surface area (TPSA) is 66.4 Å². The van der Waals surface area contributed by atoms with Crippen LogP contribution in [0.3, 0.4) is 0 Å². The van der Waals surface area contributed by atoms with Crippen LogP contribution < -0.4 is 5.32 Å². The number of amides is 1. The van der Waals surface area contributed by atoms with Crippen molar-refractivity contribution in [2.75, 3.05) is 0 Å². The monoisotopic (exact) mass is 309 g/mol. The van der Waals surface area contributed by atoms with Gasteiger partial charge in [0.15, 0.2) is 0 Å². The molecule has 0 aromatic heterocycles. The third-order valence-corrected chi connectivity index (χ3v) is 4.37. The van der Waals surface area contributed by atoms with Crippen LogP contribution >= 0.6 is 0 Å². The van der Waals surface area contributed by atoms with E-state index in [1.54, 1.807) is 24.3 Å². The third kappa shape index (κ3) is 3.59. The highest BCUT2D eigenvalue weighted by Crippen LogP contribution is 2.48. The lowest BCUT2D eigenvalue weighted by atomic mass is 9.95. The van der Waals surface area contributed by atoms with Crippen molar-refractivity contribution in [2.45, 2.75) is 25.8 Å². The number of hydrogen-bond donors (Lipinski definition) is 2. The molecule has 0 atom stereocenters. The number of rotatable bonds is 6. The summed E-state index contributed by atoms with van der Waals surface area (Å²) in [5.41, 5.74) is 2.08. The fourth-order valence-corrected chi connectivity index (χ4v) is 2.76. The molecular formula is C19H19NO3. The van der Waals surface area contributed by atoms with Gasteiger partial charge < -0.3 is 10.4 Å². The highest BCUT2D eigenvalue weighted by molar-refractivity contribution is 5.87. The molecule has 0 saturated heterocycles. The molecule has 3 rings (SSSR count). The number of aromatic carboxylic acids is 1. The van der Waals surface area contributed by atoms with Crippen LogP contribution in [0.4, 0.5) is 0 Å². The zero-order chi connectivity index (χ0) is 16.3. The zero-order valence-corrected chi connectivity index (χ0v) is 12.8. The molecule has 0 bridgehead atoms. The molecule has 1 aliphatic rings. The smallest absolute Gasteiger partial charge is 0.335 e. The number of benzene rings is 2. The Morgan fingerprint density at radius 3 is 2.17 bits per heavy atom. The first-order chi connectivity index (χ1) is 11.1. The fourth-order valence-electron chi connectivity index (χ4n) is 2.76. The number of carboxylic acid groups (broad SMARTS) is 1. The van der Waals surface area contributed by atoms with Gasteiger partial charge in [0, 0.05) is 6.54 Å². The Kier molecular flexibility index (Phi) is 4.15. The van der Waals surface area contributed by atoms with E-state index in [2.05, 4.69) is 17.4 Å². The first-order valence-electron chi connectivity index (χ1n) is 7.74. The van der Waals surface area contributed by atoms with Crippen LogP contribution in [-0.2, 0) is 17.8 Å². The molecule has 1 fully saturated rings. The minimum Gasteiger partial charge on any atom is -0.478 e. The second kappa shape index (κ2) is 6.24. The molecule has 1 saturated carbocycles. The summed E-state index contributed by atoms with van der Waals surface area (Å²) in [4.78, 5) is 23.3. The van der Waals surface area contributed by atoms with Crippen molar-refractivity contribution in [2.24, 2.45) is 5.41 Å². The standard InChI is InChI=1S/C19H19NO3/c21-17(22)16-8-6-15(7-9-16)13-20-18(23)19(10-11-19)12-14-4-2-1-3-5-14/h1-9H,10-13H2,(H,20,23)(H,21,22). The van der Waals surface area contributed by atoms with E-state index in [-0.39, 0.29) is 16.9 Å². The van der Waals surface area contributed by atoms with E-state index < -0.39 is 5.97 Å². The van der Waals surface area contributed by atoms with Crippen molar-refractivity contribution in [3.05, 3.63) is 71.3 Å². The minimum atomic E-state index is -0.944. The first-order valence-corrected chi connectivity index (χ1v) is 7.74. The van der Waals surface area contributed by atoms with E-state index in [1.165, 1.54) is 5.56 Å². The highest BCUT2D eigenvalue weighted by atomic mass is 16.4. The van der Waals surface area contributed by atoms with Gasteiger partial charge in [-0.1, -0.05) is 42.5 Å². The maximum Gasteiger partial charge on any atom is 0.335 e. The Morgan fingerprint density at radius 2 is 1.61 bits per heavy atom. The van der Waals surface area contributed by atoms with E-state index in [4.69, 9.17) is 5.11 Å². The second-order valence-corrected chi connectivity index (χ2v) is 6.13. The summed E-state index contributed by atoms with van der Waals surface area (Å²) in [6, 6.07) is 16.7. The Balaban J connectivity index is 1.58. The summed E-state index contributed by atoms with van der Waals surface area (Å²) in [7, 11) is 0. The SMILES string of the molecule is O=C(O)c1ccc(CNC(=O)C2(Cc3ccccc3)CC2)cc1. The average Bonchev–Trinajstić information content (AvgIpc) is 3.34. The van der Waals surface area contributed by atoms with Crippen molar-refractivity contribution in [1.82, 2.24) is 5.32 Å². The Bertz CT molecular complexity index is 703.